The van der Waals surface area contributed by atoms with Crippen LogP contribution in [0.25, 0.3) is 0 Å². The summed E-state index contributed by atoms with van der Waals surface area (Å²) in [5.74, 6) is -0.577. The second-order valence-electron chi connectivity index (χ2n) is 7.18. The van der Waals surface area contributed by atoms with E-state index in [9.17, 15) is 9.59 Å². The molecule has 0 aliphatic carbocycles. The zero-order valence-electron chi connectivity index (χ0n) is 16.0. The highest BCUT2D eigenvalue weighted by atomic mass is 35.5. The fourth-order valence-electron chi connectivity index (χ4n) is 3.28. The van der Waals surface area contributed by atoms with Gasteiger partial charge in [-0.3, -0.25) is 14.3 Å². The van der Waals surface area contributed by atoms with Crippen LogP contribution in [0.15, 0.2) is 24.9 Å². The van der Waals surface area contributed by atoms with Crippen LogP contribution in [0.2, 0.25) is 5.28 Å². The van der Waals surface area contributed by atoms with Crippen LogP contribution in [-0.4, -0.2) is 55.6 Å². The maximum Gasteiger partial charge on any atom is 0.232 e. The molecule has 0 radical (unpaired) electrons. The van der Waals surface area contributed by atoms with E-state index in [1.165, 1.54) is 17.3 Å². The van der Waals surface area contributed by atoms with Crippen molar-refractivity contribution in [1.29, 1.82) is 0 Å². The van der Waals surface area contributed by atoms with Gasteiger partial charge in [0.15, 0.2) is 0 Å². The summed E-state index contributed by atoms with van der Waals surface area (Å²) in [4.78, 5) is 39.5. The predicted octanol–water partition coefficient (Wildman–Crippen LogP) is 1.35. The van der Waals surface area contributed by atoms with Crippen molar-refractivity contribution < 1.29 is 9.59 Å². The van der Waals surface area contributed by atoms with Crippen LogP contribution >= 0.6 is 11.6 Å². The third-order valence-electron chi connectivity index (χ3n) is 4.84. The van der Waals surface area contributed by atoms with E-state index in [4.69, 9.17) is 11.6 Å². The van der Waals surface area contributed by atoms with Crippen LogP contribution < -0.4 is 10.2 Å². The average Bonchev–Trinajstić information content (AvgIpc) is 3.19. The van der Waals surface area contributed by atoms with Gasteiger partial charge in [-0.1, -0.05) is 13.8 Å². The van der Waals surface area contributed by atoms with Gasteiger partial charge in [-0.05, 0) is 30.5 Å². The molecule has 1 saturated heterocycles. The Morgan fingerprint density at radius 3 is 2.68 bits per heavy atom. The molecule has 2 aromatic heterocycles. The lowest BCUT2D eigenvalue weighted by Crippen LogP contribution is -2.49. The van der Waals surface area contributed by atoms with Gasteiger partial charge in [0.1, 0.15) is 30.2 Å². The molecule has 3 heterocycles. The number of nitrogens with zero attached hydrogens (tertiary/aromatic N) is 6. The number of piperidine rings is 1. The minimum absolute atomic E-state index is 0.0132. The number of ketones is 1. The Morgan fingerprint density at radius 2 is 2.07 bits per heavy atom. The number of carbonyl (C=O) groups excluding carboxylic acids is 2. The minimum Gasteiger partial charge on any atom is -0.356 e. The number of hydrogen-bond donors (Lipinski definition) is 1. The second-order valence-corrected chi connectivity index (χ2v) is 7.52. The van der Waals surface area contributed by atoms with Crippen LogP contribution in [0.3, 0.4) is 0 Å². The first-order valence-corrected chi connectivity index (χ1v) is 9.72. The molecule has 2 aromatic rings. The van der Waals surface area contributed by atoms with Crippen molar-refractivity contribution in [2.45, 2.75) is 39.3 Å². The van der Waals surface area contributed by atoms with Crippen molar-refractivity contribution >= 4 is 29.1 Å². The molecule has 150 valence electrons. The fraction of sp³-hybridized carbons (Fsp3) is 0.556. The number of aromatic nitrogens is 5. The van der Waals surface area contributed by atoms with Gasteiger partial charge >= 0.3 is 0 Å². The van der Waals surface area contributed by atoms with E-state index in [-0.39, 0.29) is 35.5 Å². The number of nitrogens with one attached hydrogen (secondary N) is 1. The van der Waals surface area contributed by atoms with Gasteiger partial charge in [0.05, 0.1) is 6.54 Å². The number of rotatable bonds is 7. The molecule has 0 spiro atoms. The summed E-state index contributed by atoms with van der Waals surface area (Å²) >= 11 is 5.86. The summed E-state index contributed by atoms with van der Waals surface area (Å²) in [5, 5.41) is 7.28. The van der Waals surface area contributed by atoms with Crippen LogP contribution in [0.5, 0.6) is 0 Å². The first-order valence-electron chi connectivity index (χ1n) is 9.34. The monoisotopic (exact) mass is 405 g/mol. The van der Waals surface area contributed by atoms with Gasteiger partial charge in [0, 0.05) is 31.2 Å². The largest absolute Gasteiger partial charge is 0.356 e. The molecule has 10 heteroatoms. The van der Waals surface area contributed by atoms with Crippen LogP contribution in [0.1, 0.15) is 26.7 Å². The zero-order valence-corrected chi connectivity index (χ0v) is 16.7. The van der Waals surface area contributed by atoms with Crippen molar-refractivity contribution in [2.24, 2.45) is 11.8 Å². The number of carbonyl (C=O) groups is 2. The van der Waals surface area contributed by atoms with Crippen LogP contribution in [0.4, 0.5) is 5.82 Å². The highest BCUT2D eigenvalue weighted by Crippen LogP contribution is 2.19. The topological polar surface area (TPSA) is 106 Å². The molecular formula is C18H24ClN7O2. The Labute approximate surface area is 168 Å². The van der Waals surface area contributed by atoms with E-state index in [1.807, 2.05) is 6.07 Å². The summed E-state index contributed by atoms with van der Waals surface area (Å²) in [6.07, 6.45) is 6.06. The van der Waals surface area contributed by atoms with Gasteiger partial charge < -0.3 is 10.2 Å². The Morgan fingerprint density at radius 1 is 1.32 bits per heavy atom. The summed E-state index contributed by atoms with van der Waals surface area (Å²) in [6.45, 7) is 5.28. The van der Waals surface area contributed by atoms with Gasteiger partial charge in [-0.2, -0.15) is 5.10 Å². The predicted molar refractivity (Wildman–Crippen MR) is 104 cm³/mol. The standard InChI is InChI=1S/C18H24ClN7O2/c1-12(2)16(27)14(9-26-11-20-10-22-26)17(28)23-13-4-7-25(8-5-13)15-3-6-21-18(19)24-15/h3,6,10-14H,4-5,7-9H2,1-2H3,(H,23,28). The van der Waals surface area contributed by atoms with Gasteiger partial charge in [-0.15, -0.1) is 0 Å². The summed E-state index contributed by atoms with van der Waals surface area (Å²) in [7, 11) is 0. The molecule has 0 bridgehead atoms. The van der Waals surface area contributed by atoms with Crippen molar-refractivity contribution in [3.63, 3.8) is 0 Å². The lowest BCUT2D eigenvalue weighted by Gasteiger charge is -2.33. The SMILES string of the molecule is CC(C)C(=O)C(Cn1cncn1)C(=O)NC1CCN(c2ccnc(Cl)n2)CC1. The summed E-state index contributed by atoms with van der Waals surface area (Å²) in [6, 6.07) is 1.83. The van der Waals surface area contributed by atoms with Gasteiger partial charge in [0.2, 0.25) is 11.2 Å². The smallest absolute Gasteiger partial charge is 0.232 e. The second kappa shape index (κ2) is 9.09. The maximum absolute atomic E-state index is 12.8. The van der Waals surface area contributed by atoms with Gasteiger partial charge in [-0.25, -0.2) is 15.0 Å². The quantitative estimate of drug-likeness (QED) is 0.547. The molecule has 9 nitrogen and oxygen atoms in total. The highest BCUT2D eigenvalue weighted by molar-refractivity contribution is 6.28. The molecule has 0 saturated carbocycles. The fourth-order valence-corrected chi connectivity index (χ4v) is 3.42. The molecule has 1 atom stereocenters. The summed E-state index contributed by atoms with van der Waals surface area (Å²) in [5.41, 5.74) is 0. The van der Waals surface area contributed by atoms with Crippen LogP contribution in [-0.2, 0) is 16.1 Å². The molecule has 1 amide bonds. The first kappa shape index (κ1) is 20.2. The van der Waals surface area contributed by atoms with Crippen molar-refractivity contribution in [3.05, 3.63) is 30.2 Å². The third-order valence-corrected chi connectivity index (χ3v) is 5.02. The van der Waals surface area contributed by atoms with Gasteiger partial charge in [0.25, 0.3) is 0 Å². The number of hydrogen-bond acceptors (Lipinski definition) is 7. The van der Waals surface area contributed by atoms with E-state index in [0.29, 0.717) is 0 Å². The van der Waals surface area contributed by atoms with E-state index < -0.39 is 5.92 Å². The average molecular weight is 406 g/mol. The van der Waals surface area contributed by atoms with Crippen molar-refractivity contribution in [1.82, 2.24) is 30.0 Å². The first-order chi connectivity index (χ1) is 13.4. The summed E-state index contributed by atoms with van der Waals surface area (Å²) < 4.78 is 1.52. The Bertz CT molecular complexity index is 804. The lowest BCUT2D eigenvalue weighted by atomic mass is 9.93. The normalized spacial score (nSPS) is 16.2. The Hall–Kier alpha value is -2.55. The molecule has 1 N–H and O–H groups in total. The number of anilines is 1. The third kappa shape index (κ3) is 5.03. The van der Waals surface area contributed by atoms with E-state index in [1.54, 1.807) is 20.0 Å². The molecule has 0 aromatic carbocycles. The molecule has 28 heavy (non-hydrogen) atoms. The molecular weight excluding hydrogens is 382 g/mol. The Kier molecular flexibility index (Phi) is 6.56. The highest BCUT2D eigenvalue weighted by Gasteiger charge is 2.31. The minimum atomic E-state index is -0.777. The van der Waals surface area contributed by atoms with E-state index >= 15 is 0 Å². The lowest BCUT2D eigenvalue weighted by molar-refractivity contribution is -0.137. The number of Topliss-reactive ketones (excluding diaryl/α,β-unsaturated/α-hetero) is 1. The molecule has 1 unspecified atom stereocenters. The van der Waals surface area contributed by atoms with E-state index in [0.717, 1.165) is 31.7 Å². The number of amides is 1. The molecule has 1 aliphatic rings. The zero-order chi connectivity index (χ0) is 20.1. The van der Waals surface area contributed by atoms with Crippen LogP contribution in [0, 0.1) is 11.8 Å². The van der Waals surface area contributed by atoms with Crippen molar-refractivity contribution in [2.75, 3.05) is 18.0 Å². The Balaban J connectivity index is 1.58. The molecule has 3 rings (SSSR count). The molecule has 1 aliphatic heterocycles. The maximum atomic E-state index is 12.8. The van der Waals surface area contributed by atoms with E-state index in [2.05, 4.69) is 30.3 Å². The van der Waals surface area contributed by atoms with Crippen molar-refractivity contribution in [3.8, 4) is 0 Å². The molecule has 1 fully saturated rings. The number of halogens is 1.